The van der Waals surface area contributed by atoms with Gasteiger partial charge < -0.3 is 4.90 Å². The van der Waals surface area contributed by atoms with Crippen LogP contribution in [-0.4, -0.2) is 45.5 Å². The third kappa shape index (κ3) is 3.09. The van der Waals surface area contributed by atoms with E-state index in [2.05, 4.69) is 10.1 Å². The number of carbonyl (C=O) groups is 2. The van der Waals surface area contributed by atoms with Gasteiger partial charge in [0, 0.05) is 44.9 Å². The van der Waals surface area contributed by atoms with Crippen molar-refractivity contribution in [1.29, 1.82) is 0 Å². The van der Waals surface area contributed by atoms with Gasteiger partial charge in [0.1, 0.15) is 5.71 Å². The van der Waals surface area contributed by atoms with Crippen LogP contribution in [-0.2, 0) is 16.1 Å². The molecule has 0 bridgehead atoms. The minimum absolute atomic E-state index is 0.0446. The van der Waals surface area contributed by atoms with Gasteiger partial charge in [-0.05, 0) is 24.5 Å². The fraction of sp³-hybridized carbons (Fsp3) is 0.467. The Morgan fingerprint density at radius 3 is 2.86 bits per heavy atom. The third-order valence-electron chi connectivity index (χ3n) is 3.78. The molecule has 6 nitrogen and oxygen atoms in total. The molecule has 1 aromatic heterocycles. The molecule has 0 atom stereocenters. The summed E-state index contributed by atoms with van der Waals surface area (Å²) in [5.74, 6) is -0.0996. The van der Waals surface area contributed by atoms with Gasteiger partial charge in [0.15, 0.2) is 0 Å². The number of aromatic nitrogens is 1. The maximum atomic E-state index is 12.7. The molecule has 1 fully saturated rings. The summed E-state index contributed by atoms with van der Waals surface area (Å²) in [6.07, 6.45) is 6.35. The average molecular weight is 286 g/mol. The molecule has 0 aromatic carbocycles. The van der Waals surface area contributed by atoms with Gasteiger partial charge in [0.25, 0.3) is 5.91 Å². The lowest BCUT2D eigenvalue weighted by Crippen LogP contribution is -2.41. The summed E-state index contributed by atoms with van der Waals surface area (Å²) in [4.78, 5) is 30.1. The lowest BCUT2D eigenvalue weighted by atomic mass is 10.1. The van der Waals surface area contributed by atoms with E-state index in [-0.39, 0.29) is 11.8 Å². The van der Waals surface area contributed by atoms with Crippen molar-refractivity contribution >= 4 is 17.5 Å². The van der Waals surface area contributed by atoms with Gasteiger partial charge in [-0.1, -0.05) is 6.07 Å². The van der Waals surface area contributed by atoms with Crippen LogP contribution in [0.5, 0.6) is 0 Å². The molecule has 1 saturated carbocycles. The van der Waals surface area contributed by atoms with E-state index in [0.717, 1.165) is 18.4 Å². The monoisotopic (exact) mass is 286 g/mol. The number of rotatable bonds is 4. The molecule has 110 valence electrons. The molecule has 3 rings (SSSR count). The predicted octanol–water partition coefficient (Wildman–Crippen LogP) is 1.18. The van der Waals surface area contributed by atoms with Crippen LogP contribution < -0.4 is 0 Å². The molecule has 2 amide bonds. The summed E-state index contributed by atoms with van der Waals surface area (Å²) in [5, 5.41) is 5.40. The third-order valence-corrected chi connectivity index (χ3v) is 3.78. The van der Waals surface area contributed by atoms with Gasteiger partial charge in [0.2, 0.25) is 5.91 Å². The van der Waals surface area contributed by atoms with E-state index in [9.17, 15) is 9.59 Å². The summed E-state index contributed by atoms with van der Waals surface area (Å²) in [6, 6.07) is 4.13. The number of hydrogen-bond acceptors (Lipinski definition) is 4. The highest BCUT2D eigenvalue weighted by Crippen LogP contribution is 2.29. The van der Waals surface area contributed by atoms with E-state index in [1.165, 1.54) is 5.01 Å². The van der Waals surface area contributed by atoms with Crippen LogP contribution in [0.3, 0.4) is 0 Å². The zero-order valence-electron chi connectivity index (χ0n) is 12.0. The van der Waals surface area contributed by atoms with Gasteiger partial charge in [-0.2, -0.15) is 5.10 Å². The van der Waals surface area contributed by atoms with Crippen molar-refractivity contribution < 1.29 is 9.59 Å². The first-order chi connectivity index (χ1) is 10.1. The van der Waals surface area contributed by atoms with Crippen LogP contribution in [0.25, 0.3) is 0 Å². The number of hydrogen-bond donors (Lipinski definition) is 0. The van der Waals surface area contributed by atoms with Crippen molar-refractivity contribution in [2.75, 3.05) is 7.05 Å². The molecule has 0 radical (unpaired) electrons. The van der Waals surface area contributed by atoms with Crippen molar-refractivity contribution in [3.05, 3.63) is 30.1 Å². The number of amides is 2. The molecule has 0 unspecified atom stereocenters. The number of nitrogens with zero attached hydrogens (tertiary/aromatic N) is 4. The molecular weight excluding hydrogens is 268 g/mol. The van der Waals surface area contributed by atoms with Crippen LogP contribution in [0.4, 0.5) is 0 Å². The quantitative estimate of drug-likeness (QED) is 0.835. The largest absolute Gasteiger partial charge is 0.330 e. The van der Waals surface area contributed by atoms with E-state index in [1.54, 1.807) is 19.4 Å². The van der Waals surface area contributed by atoms with Gasteiger partial charge in [-0.15, -0.1) is 0 Å². The summed E-state index contributed by atoms with van der Waals surface area (Å²) in [7, 11) is 1.59. The standard InChI is InChI=1S/C15H18N4O2/c1-18-14(20)7-6-13(17-18)15(21)19(12-4-5-12)10-11-3-2-8-16-9-11/h2-3,8-9,12H,4-7,10H2,1H3. The molecular formula is C15H18N4O2. The highest BCUT2D eigenvalue weighted by molar-refractivity contribution is 6.39. The van der Waals surface area contributed by atoms with E-state index in [0.29, 0.717) is 31.1 Å². The highest BCUT2D eigenvalue weighted by Gasteiger charge is 2.35. The number of hydrazone groups is 1. The fourth-order valence-corrected chi connectivity index (χ4v) is 2.43. The summed E-state index contributed by atoms with van der Waals surface area (Å²) >= 11 is 0. The molecule has 21 heavy (non-hydrogen) atoms. The van der Waals surface area contributed by atoms with Crippen LogP contribution in [0.1, 0.15) is 31.2 Å². The molecule has 0 saturated heterocycles. The summed E-state index contributed by atoms with van der Waals surface area (Å²) < 4.78 is 0. The average Bonchev–Trinajstić information content (AvgIpc) is 3.33. The van der Waals surface area contributed by atoms with E-state index >= 15 is 0 Å². The lowest BCUT2D eigenvalue weighted by molar-refractivity contribution is -0.130. The van der Waals surface area contributed by atoms with Crippen molar-refractivity contribution in [3.8, 4) is 0 Å². The molecule has 2 aliphatic rings. The van der Waals surface area contributed by atoms with Gasteiger partial charge >= 0.3 is 0 Å². The second-order valence-electron chi connectivity index (χ2n) is 5.49. The Morgan fingerprint density at radius 2 is 2.24 bits per heavy atom. The molecule has 1 aliphatic heterocycles. The molecule has 2 heterocycles. The molecule has 0 N–H and O–H groups in total. The van der Waals surface area contributed by atoms with Crippen LogP contribution in [0.2, 0.25) is 0 Å². The van der Waals surface area contributed by atoms with Crippen molar-refractivity contribution in [2.45, 2.75) is 38.3 Å². The van der Waals surface area contributed by atoms with E-state index in [4.69, 9.17) is 0 Å². The number of pyridine rings is 1. The number of carbonyl (C=O) groups excluding carboxylic acids is 2. The Labute approximate surface area is 123 Å². The second kappa shape index (κ2) is 5.63. The predicted molar refractivity (Wildman–Crippen MR) is 77.2 cm³/mol. The SMILES string of the molecule is CN1N=C(C(=O)N(Cc2cccnc2)C2CC2)CCC1=O. The van der Waals surface area contributed by atoms with Gasteiger partial charge in [0.05, 0.1) is 0 Å². The maximum absolute atomic E-state index is 12.7. The molecule has 1 aliphatic carbocycles. The lowest BCUT2D eigenvalue weighted by Gasteiger charge is -2.26. The first-order valence-electron chi connectivity index (χ1n) is 7.19. The van der Waals surface area contributed by atoms with Crippen molar-refractivity contribution in [1.82, 2.24) is 14.9 Å². The molecule has 1 aromatic rings. The highest BCUT2D eigenvalue weighted by atomic mass is 16.2. The Kier molecular flexibility index (Phi) is 3.68. The first kappa shape index (κ1) is 13.7. The minimum Gasteiger partial charge on any atom is -0.330 e. The van der Waals surface area contributed by atoms with E-state index in [1.807, 2.05) is 17.0 Å². The Bertz CT molecular complexity index is 581. The maximum Gasteiger partial charge on any atom is 0.270 e. The zero-order chi connectivity index (χ0) is 14.8. The summed E-state index contributed by atoms with van der Waals surface area (Å²) in [6.45, 7) is 0.550. The Morgan fingerprint density at radius 1 is 1.43 bits per heavy atom. The summed E-state index contributed by atoms with van der Waals surface area (Å²) in [5.41, 5.74) is 1.49. The first-order valence-corrected chi connectivity index (χ1v) is 7.19. The van der Waals surface area contributed by atoms with E-state index < -0.39 is 0 Å². The minimum atomic E-state index is -0.0549. The van der Waals surface area contributed by atoms with Crippen molar-refractivity contribution in [2.24, 2.45) is 5.10 Å². The topological polar surface area (TPSA) is 65.9 Å². The molecule has 0 spiro atoms. The Hall–Kier alpha value is -2.24. The second-order valence-corrected chi connectivity index (χ2v) is 5.49. The normalized spacial score (nSPS) is 18.4. The molecule has 6 heteroatoms. The van der Waals surface area contributed by atoms with Crippen LogP contribution in [0.15, 0.2) is 29.6 Å². The smallest absolute Gasteiger partial charge is 0.270 e. The fourth-order valence-electron chi connectivity index (χ4n) is 2.43. The van der Waals surface area contributed by atoms with Crippen molar-refractivity contribution in [3.63, 3.8) is 0 Å². The van der Waals surface area contributed by atoms with Gasteiger partial charge in [-0.25, -0.2) is 5.01 Å². The van der Waals surface area contributed by atoms with Crippen LogP contribution in [0, 0.1) is 0 Å². The van der Waals surface area contributed by atoms with Gasteiger partial charge in [-0.3, -0.25) is 14.6 Å². The Balaban J connectivity index is 1.76. The zero-order valence-corrected chi connectivity index (χ0v) is 12.0. The van der Waals surface area contributed by atoms with Crippen LogP contribution >= 0.6 is 0 Å².